The third-order valence-corrected chi connectivity index (χ3v) is 5.70. The molecule has 0 saturated carbocycles. The average molecular weight is 424 g/mol. The lowest BCUT2D eigenvalue weighted by molar-refractivity contribution is 0.629. The van der Waals surface area contributed by atoms with Crippen molar-refractivity contribution < 1.29 is 4.39 Å². The quantitative estimate of drug-likeness (QED) is 0.406. The summed E-state index contributed by atoms with van der Waals surface area (Å²) in [6.45, 7) is 3.43. The van der Waals surface area contributed by atoms with Crippen LogP contribution in [0.3, 0.4) is 0 Å². The minimum absolute atomic E-state index is 0.246. The SMILES string of the molecule is CCn1c2ccc(F)cc2c2cc(-n3nncc3CNc3ccc(CC#N)cc3)ccc21. The van der Waals surface area contributed by atoms with Crippen molar-refractivity contribution in [1.82, 2.24) is 19.6 Å². The molecule has 0 saturated heterocycles. The minimum Gasteiger partial charge on any atom is -0.379 e. The van der Waals surface area contributed by atoms with E-state index in [1.807, 2.05) is 42.5 Å². The van der Waals surface area contributed by atoms with Crippen molar-refractivity contribution in [2.24, 2.45) is 0 Å². The van der Waals surface area contributed by atoms with Gasteiger partial charge in [-0.2, -0.15) is 5.26 Å². The average Bonchev–Trinajstić information content (AvgIpc) is 3.40. The van der Waals surface area contributed by atoms with E-state index in [0.717, 1.165) is 51.0 Å². The molecule has 0 fully saturated rings. The van der Waals surface area contributed by atoms with Crippen molar-refractivity contribution in [1.29, 1.82) is 5.26 Å². The molecular formula is C25H21FN6. The smallest absolute Gasteiger partial charge is 0.123 e. The van der Waals surface area contributed by atoms with Gasteiger partial charge in [-0.1, -0.05) is 17.3 Å². The van der Waals surface area contributed by atoms with E-state index in [1.54, 1.807) is 16.9 Å². The molecule has 5 aromatic rings. The Labute approximate surface area is 184 Å². The largest absolute Gasteiger partial charge is 0.379 e. The fraction of sp³-hybridized carbons (Fsp3) is 0.160. The number of nitrogens with zero attached hydrogens (tertiary/aromatic N) is 5. The topological polar surface area (TPSA) is 71.5 Å². The summed E-state index contributed by atoms with van der Waals surface area (Å²) in [5.41, 5.74) is 5.79. The Balaban J connectivity index is 1.47. The van der Waals surface area contributed by atoms with Crippen LogP contribution in [0, 0.1) is 17.1 Å². The van der Waals surface area contributed by atoms with Crippen molar-refractivity contribution in [2.45, 2.75) is 26.4 Å². The Kier molecular flexibility index (Phi) is 5.04. The first-order valence-electron chi connectivity index (χ1n) is 10.5. The van der Waals surface area contributed by atoms with Gasteiger partial charge in [0.15, 0.2) is 0 Å². The molecular weight excluding hydrogens is 403 g/mol. The lowest BCUT2D eigenvalue weighted by Gasteiger charge is -2.10. The van der Waals surface area contributed by atoms with Gasteiger partial charge < -0.3 is 9.88 Å². The van der Waals surface area contributed by atoms with Crippen molar-refractivity contribution in [3.63, 3.8) is 0 Å². The van der Waals surface area contributed by atoms with E-state index in [1.165, 1.54) is 6.07 Å². The molecule has 0 aliphatic carbocycles. The first-order chi connectivity index (χ1) is 15.7. The van der Waals surface area contributed by atoms with Gasteiger partial charge in [0.2, 0.25) is 0 Å². The Bertz CT molecular complexity index is 1460. The summed E-state index contributed by atoms with van der Waals surface area (Å²) in [4.78, 5) is 0. The molecule has 0 atom stereocenters. The predicted molar refractivity (Wildman–Crippen MR) is 123 cm³/mol. The molecule has 2 heterocycles. The van der Waals surface area contributed by atoms with Crippen LogP contribution in [-0.2, 0) is 19.5 Å². The van der Waals surface area contributed by atoms with Crippen LogP contribution in [0.2, 0.25) is 0 Å². The summed E-state index contributed by atoms with van der Waals surface area (Å²) >= 11 is 0. The fourth-order valence-corrected chi connectivity index (χ4v) is 4.16. The number of fused-ring (bicyclic) bond motifs is 3. The lowest BCUT2D eigenvalue weighted by Crippen LogP contribution is -2.07. The number of nitriles is 1. The summed E-state index contributed by atoms with van der Waals surface area (Å²) in [6, 6.07) is 21.0. The van der Waals surface area contributed by atoms with Gasteiger partial charge in [-0.15, -0.1) is 5.10 Å². The highest BCUT2D eigenvalue weighted by molar-refractivity contribution is 6.08. The first-order valence-corrected chi connectivity index (χ1v) is 10.5. The number of hydrogen-bond acceptors (Lipinski definition) is 4. The Morgan fingerprint density at radius 1 is 1.00 bits per heavy atom. The number of benzene rings is 3. The van der Waals surface area contributed by atoms with Crippen LogP contribution >= 0.6 is 0 Å². The molecule has 6 nitrogen and oxygen atoms in total. The fourth-order valence-electron chi connectivity index (χ4n) is 4.16. The van der Waals surface area contributed by atoms with Crippen LogP contribution < -0.4 is 5.32 Å². The van der Waals surface area contributed by atoms with Gasteiger partial charge in [0.05, 0.1) is 36.6 Å². The molecule has 0 amide bonds. The van der Waals surface area contributed by atoms with Gasteiger partial charge in [0.25, 0.3) is 0 Å². The summed E-state index contributed by atoms with van der Waals surface area (Å²) in [7, 11) is 0. The number of halogens is 1. The highest BCUT2D eigenvalue weighted by atomic mass is 19.1. The zero-order chi connectivity index (χ0) is 22.1. The number of nitrogens with one attached hydrogen (secondary N) is 1. The Morgan fingerprint density at radius 2 is 1.75 bits per heavy atom. The van der Waals surface area contributed by atoms with Crippen molar-refractivity contribution in [2.75, 3.05) is 5.32 Å². The number of rotatable bonds is 6. The zero-order valence-electron chi connectivity index (χ0n) is 17.6. The van der Waals surface area contributed by atoms with E-state index in [-0.39, 0.29) is 5.82 Å². The summed E-state index contributed by atoms with van der Waals surface area (Å²) in [5.74, 6) is -0.246. The van der Waals surface area contributed by atoms with E-state index in [2.05, 4.69) is 39.3 Å². The summed E-state index contributed by atoms with van der Waals surface area (Å²) in [6.07, 6.45) is 2.13. The van der Waals surface area contributed by atoms with Crippen LogP contribution in [0.25, 0.3) is 27.5 Å². The first kappa shape index (κ1) is 19.8. The monoisotopic (exact) mass is 424 g/mol. The molecule has 0 aliphatic rings. The molecule has 0 unspecified atom stereocenters. The highest BCUT2D eigenvalue weighted by Crippen LogP contribution is 2.31. The summed E-state index contributed by atoms with van der Waals surface area (Å²) in [5, 5.41) is 22.4. The molecule has 7 heteroatoms. The highest BCUT2D eigenvalue weighted by Gasteiger charge is 2.13. The molecule has 32 heavy (non-hydrogen) atoms. The molecule has 2 aromatic heterocycles. The maximum absolute atomic E-state index is 14.0. The van der Waals surface area contributed by atoms with Crippen LogP contribution in [-0.4, -0.2) is 19.6 Å². The number of anilines is 1. The van der Waals surface area contributed by atoms with Crippen LogP contribution in [0.1, 0.15) is 18.2 Å². The van der Waals surface area contributed by atoms with Gasteiger partial charge in [-0.3, -0.25) is 0 Å². The molecule has 3 aromatic carbocycles. The van der Waals surface area contributed by atoms with Gasteiger partial charge >= 0.3 is 0 Å². The van der Waals surface area contributed by atoms with Crippen LogP contribution in [0.5, 0.6) is 0 Å². The maximum Gasteiger partial charge on any atom is 0.123 e. The maximum atomic E-state index is 14.0. The molecule has 0 spiro atoms. The van der Waals surface area contributed by atoms with E-state index >= 15 is 0 Å². The number of aryl methyl sites for hydroxylation is 1. The molecule has 5 rings (SSSR count). The van der Waals surface area contributed by atoms with Crippen molar-refractivity contribution in [3.05, 3.63) is 83.9 Å². The second-order valence-corrected chi connectivity index (χ2v) is 7.63. The second-order valence-electron chi connectivity index (χ2n) is 7.63. The molecule has 0 aliphatic heterocycles. The van der Waals surface area contributed by atoms with Gasteiger partial charge in [0, 0.05) is 34.0 Å². The van der Waals surface area contributed by atoms with E-state index in [0.29, 0.717) is 13.0 Å². The Hall–Kier alpha value is -4.18. The number of hydrogen-bond donors (Lipinski definition) is 1. The van der Waals surface area contributed by atoms with Crippen molar-refractivity contribution in [3.8, 4) is 11.8 Å². The second kappa shape index (κ2) is 8.16. The Morgan fingerprint density at radius 3 is 2.50 bits per heavy atom. The van der Waals surface area contributed by atoms with Gasteiger partial charge in [-0.25, -0.2) is 9.07 Å². The summed E-state index contributed by atoms with van der Waals surface area (Å²) < 4.78 is 18.0. The third-order valence-electron chi connectivity index (χ3n) is 5.70. The standard InChI is InChI=1S/C25H21FN6/c1-2-31-24-9-5-18(26)13-22(24)23-14-20(8-10-25(23)31)32-21(16-29-30-32)15-28-19-6-3-17(4-7-19)11-12-27/h3-10,13-14,16,28H,2,11,15H2,1H3. The molecule has 0 bridgehead atoms. The zero-order valence-corrected chi connectivity index (χ0v) is 17.6. The lowest BCUT2D eigenvalue weighted by atomic mass is 10.1. The predicted octanol–water partition coefficient (Wildman–Crippen LogP) is 5.21. The normalized spacial score (nSPS) is 11.2. The van der Waals surface area contributed by atoms with Crippen LogP contribution in [0.15, 0.2) is 66.9 Å². The number of aromatic nitrogens is 4. The molecule has 1 N–H and O–H groups in total. The third kappa shape index (κ3) is 3.46. The van der Waals surface area contributed by atoms with Crippen molar-refractivity contribution >= 4 is 27.5 Å². The van der Waals surface area contributed by atoms with E-state index in [4.69, 9.17) is 5.26 Å². The van der Waals surface area contributed by atoms with Gasteiger partial charge in [0.1, 0.15) is 5.82 Å². The van der Waals surface area contributed by atoms with E-state index in [9.17, 15) is 4.39 Å². The van der Waals surface area contributed by atoms with E-state index < -0.39 is 0 Å². The molecule has 158 valence electrons. The van der Waals surface area contributed by atoms with Crippen LogP contribution in [0.4, 0.5) is 10.1 Å². The molecule has 0 radical (unpaired) electrons. The minimum atomic E-state index is -0.246. The van der Waals surface area contributed by atoms with Gasteiger partial charge in [-0.05, 0) is 61.0 Å².